The molecule has 3 aromatic carbocycles. The Morgan fingerprint density at radius 1 is 0.897 bits per heavy atom. The Kier molecular flexibility index (Phi) is 5.58. The van der Waals surface area contributed by atoms with Crippen LogP contribution in [0, 0.1) is 0 Å². The van der Waals surface area contributed by atoms with Gasteiger partial charge in [-0.2, -0.15) is 5.10 Å². The zero-order valence-corrected chi connectivity index (χ0v) is 17.2. The maximum atomic E-state index is 12.7. The third kappa shape index (κ3) is 4.30. The second kappa shape index (κ2) is 8.29. The largest absolute Gasteiger partial charge is 0.321 e. The third-order valence-electron chi connectivity index (χ3n) is 4.34. The molecule has 0 fully saturated rings. The third-order valence-corrected chi connectivity index (χ3v) is 5.14. The number of hydrogen-bond acceptors (Lipinski definition) is 2. The fourth-order valence-corrected chi connectivity index (χ4v) is 3.52. The first-order valence-corrected chi connectivity index (χ1v) is 9.81. The summed E-state index contributed by atoms with van der Waals surface area (Å²) in [6, 6.07) is 19.7. The van der Waals surface area contributed by atoms with Crippen LogP contribution in [-0.4, -0.2) is 15.7 Å². The average molecular weight is 443 g/mol. The van der Waals surface area contributed by atoms with Crippen molar-refractivity contribution < 1.29 is 4.79 Å². The van der Waals surface area contributed by atoms with Crippen molar-refractivity contribution in [2.75, 3.05) is 5.32 Å². The summed E-state index contributed by atoms with van der Waals surface area (Å²) in [6.07, 6.45) is 3.64. The molecular weight excluding hydrogens is 429 g/mol. The van der Waals surface area contributed by atoms with E-state index < -0.39 is 0 Å². The van der Waals surface area contributed by atoms with Gasteiger partial charge in [0, 0.05) is 33.1 Å². The highest BCUT2D eigenvalue weighted by molar-refractivity contribution is 6.37. The first-order chi connectivity index (χ1) is 14.0. The number of para-hydroxylation sites is 1. The maximum Gasteiger partial charge on any atom is 0.257 e. The number of hydrogen-bond donors (Lipinski definition) is 1. The van der Waals surface area contributed by atoms with Crippen LogP contribution >= 0.6 is 34.8 Å². The quantitative estimate of drug-likeness (QED) is 0.380. The van der Waals surface area contributed by atoms with Crippen molar-refractivity contribution in [2.45, 2.75) is 0 Å². The van der Waals surface area contributed by atoms with Crippen LogP contribution in [0.4, 0.5) is 5.69 Å². The molecule has 144 valence electrons. The van der Waals surface area contributed by atoms with Gasteiger partial charge in [-0.3, -0.25) is 4.79 Å². The summed E-state index contributed by atoms with van der Waals surface area (Å²) in [5, 5.41) is 8.77. The summed E-state index contributed by atoms with van der Waals surface area (Å²) in [5.41, 5.74) is 3.58. The highest BCUT2D eigenvalue weighted by atomic mass is 35.5. The number of nitrogens with zero attached hydrogens (tertiary/aromatic N) is 2. The molecule has 4 rings (SSSR count). The predicted octanol–water partition coefficient (Wildman–Crippen LogP) is 6.75. The zero-order valence-electron chi connectivity index (χ0n) is 14.9. The van der Waals surface area contributed by atoms with Gasteiger partial charge in [0.2, 0.25) is 0 Å². The van der Waals surface area contributed by atoms with Gasteiger partial charge in [0.25, 0.3) is 5.91 Å². The topological polar surface area (TPSA) is 46.9 Å². The first-order valence-electron chi connectivity index (χ1n) is 8.68. The molecule has 1 N–H and O–H groups in total. The van der Waals surface area contributed by atoms with Crippen molar-refractivity contribution in [2.24, 2.45) is 0 Å². The SMILES string of the molecule is O=C(Nc1ccccc1-c1cnn(-c2ccc(Cl)cc2)c1)c1ccc(Cl)cc1Cl. The van der Waals surface area contributed by atoms with Crippen LogP contribution in [0.5, 0.6) is 0 Å². The molecule has 0 spiro atoms. The molecule has 0 aliphatic rings. The molecular formula is C22H14Cl3N3O. The molecule has 0 saturated carbocycles. The van der Waals surface area contributed by atoms with Crippen molar-refractivity contribution >= 4 is 46.4 Å². The highest BCUT2D eigenvalue weighted by Gasteiger charge is 2.14. The molecule has 0 unspecified atom stereocenters. The lowest BCUT2D eigenvalue weighted by Gasteiger charge is -2.11. The Hall–Kier alpha value is -2.79. The normalized spacial score (nSPS) is 10.7. The van der Waals surface area contributed by atoms with Gasteiger partial charge in [-0.05, 0) is 48.5 Å². The Morgan fingerprint density at radius 3 is 2.38 bits per heavy atom. The predicted molar refractivity (Wildman–Crippen MR) is 118 cm³/mol. The minimum Gasteiger partial charge on any atom is -0.321 e. The monoisotopic (exact) mass is 441 g/mol. The molecule has 0 aliphatic heterocycles. The van der Waals surface area contributed by atoms with Crippen molar-refractivity contribution in [1.82, 2.24) is 9.78 Å². The highest BCUT2D eigenvalue weighted by Crippen LogP contribution is 2.29. The molecule has 0 bridgehead atoms. The maximum absolute atomic E-state index is 12.7. The van der Waals surface area contributed by atoms with Crippen molar-refractivity contribution in [3.8, 4) is 16.8 Å². The molecule has 0 radical (unpaired) electrons. The van der Waals surface area contributed by atoms with Crippen LogP contribution < -0.4 is 5.32 Å². The second-order valence-corrected chi connectivity index (χ2v) is 7.55. The Bertz CT molecular complexity index is 1190. The van der Waals surface area contributed by atoms with E-state index in [-0.39, 0.29) is 5.91 Å². The average Bonchev–Trinajstić information content (AvgIpc) is 3.19. The number of benzene rings is 3. The van der Waals surface area contributed by atoms with E-state index in [1.54, 1.807) is 29.1 Å². The van der Waals surface area contributed by atoms with Gasteiger partial charge in [0.05, 0.1) is 22.5 Å². The lowest BCUT2D eigenvalue weighted by molar-refractivity contribution is 0.102. The molecule has 1 aromatic heterocycles. The number of aromatic nitrogens is 2. The number of carbonyl (C=O) groups excluding carboxylic acids is 1. The van der Waals surface area contributed by atoms with Gasteiger partial charge >= 0.3 is 0 Å². The van der Waals surface area contributed by atoms with Gasteiger partial charge < -0.3 is 5.32 Å². The van der Waals surface area contributed by atoms with Crippen LogP contribution in [0.2, 0.25) is 15.1 Å². The minimum atomic E-state index is -0.316. The molecule has 1 amide bonds. The summed E-state index contributed by atoms with van der Waals surface area (Å²) >= 11 is 18.0. The van der Waals surface area contributed by atoms with Crippen LogP contribution in [0.15, 0.2) is 79.1 Å². The van der Waals surface area contributed by atoms with E-state index in [1.807, 2.05) is 54.7 Å². The first kappa shape index (κ1) is 19.5. The molecule has 0 saturated heterocycles. The summed E-state index contributed by atoms with van der Waals surface area (Å²) in [4.78, 5) is 12.7. The van der Waals surface area contributed by atoms with Crippen molar-refractivity contribution in [1.29, 1.82) is 0 Å². The number of nitrogens with one attached hydrogen (secondary N) is 1. The van der Waals surface area contributed by atoms with Gasteiger partial charge in [-0.25, -0.2) is 4.68 Å². The van der Waals surface area contributed by atoms with Crippen LogP contribution in [0.3, 0.4) is 0 Å². The lowest BCUT2D eigenvalue weighted by Crippen LogP contribution is -2.13. The van der Waals surface area contributed by atoms with E-state index in [1.165, 1.54) is 0 Å². The fraction of sp³-hybridized carbons (Fsp3) is 0. The minimum absolute atomic E-state index is 0.294. The van der Waals surface area contributed by atoms with Crippen LogP contribution in [0.25, 0.3) is 16.8 Å². The molecule has 29 heavy (non-hydrogen) atoms. The van der Waals surface area contributed by atoms with Gasteiger partial charge in [0.1, 0.15) is 0 Å². The second-order valence-electron chi connectivity index (χ2n) is 6.27. The smallest absolute Gasteiger partial charge is 0.257 e. The van der Waals surface area contributed by atoms with Gasteiger partial charge in [-0.15, -0.1) is 0 Å². The fourth-order valence-electron chi connectivity index (χ4n) is 2.90. The Labute approximate surface area is 182 Å². The van der Waals surface area contributed by atoms with E-state index in [9.17, 15) is 4.79 Å². The molecule has 1 heterocycles. The standard InChI is InChI=1S/C22H14Cl3N3O/c23-15-5-8-17(9-6-15)28-13-14(12-26-28)18-3-1-2-4-21(18)27-22(29)19-10-7-16(24)11-20(19)25/h1-13H,(H,27,29). The van der Waals surface area contributed by atoms with Gasteiger partial charge in [0.15, 0.2) is 0 Å². The summed E-state index contributed by atoms with van der Waals surface area (Å²) in [5.74, 6) is -0.316. The van der Waals surface area contributed by atoms with E-state index in [4.69, 9.17) is 34.8 Å². The number of carbonyl (C=O) groups is 1. The molecule has 7 heteroatoms. The molecule has 0 atom stereocenters. The van der Waals surface area contributed by atoms with Crippen molar-refractivity contribution in [3.05, 3.63) is 99.8 Å². The van der Waals surface area contributed by atoms with E-state index >= 15 is 0 Å². The number of rotatable bonds is 4. The summed E-state index contributed by atoms with van der Waals surface area (Å²) in [7, 11) is 0. The summed E-state index contributed by atoms with van der Waals surface area (Å²) < 4.78 is 1.75. The Morgan fingerprint density at radius 2 is 1.62 bits per heavy atom. The zero-order chi connectivity index (χ0) is 20.4. The molecule has 4 nitrogen and oxygen atoms in total. The van der Waals surface area contributed by atoms with E-state index in [2.05, 4.69) is 10.4 Å². The number of anilines is 1. The number of halogens is 3. The number of amides is 1. The van der Waals surface area contributed by atoms with Crippen molar-refractivity contribution in [3.63, 3.8) is 0 Å². The van der Waals surface area contributed by atoms with Gasteiger partial charge in [-0.1, -0.05) is 53.0 Å². The molecule has 4 aromatic rings. The van der Waals surface area contributed by atoms with E-state index in [0.29, 0.717) is 26.3 Å². The van der Waals surface area contributed by atoms with Crippen LogP contribution in [0.1, 0.15) is 10.4 Å². The Balaban J connectivity index is 1.64. The summed E-state index contributed by atoms with van der Waals surface area (Å²) in [6.45, 7) is 0. The lowest BCUT2D eigenvalue weighted by atomic mass is 10.1. The van der Waals surface area contributed by atoms with E-state index in [0.717, 1.165) is 16.8 Å². The van der Waals surface area contributed by atoms with Crippen LogP contribution in [-0.2, 0) is 0 Å². The molecule has 0 aliphatic carbocycles.